The van der Waals surface area contributed by atoms with Crippen LogP contribution in [0.2, 0.25) is 0 Å². The Morgan fingerprint density at radius 2 is 1.95 bits per heavy atom. The van der Waals surface area contributed by atoms with Crippen molar-refractivity contribution in [3.8, 4) is 0 Å². The van der Waals surface area contributed by atoms with Gasteiger partial charge in [-0.15, -0.1) is 0 Å². The fourth-order valence-electron chi connectivity index (χ4n) is 2.19. The van der Waals surface area contributed by atoms with E-state index in [0.717, 1.165) is 29.5 Å². The van der Waals surface area contributed by atoms with E-state index in [1.165, 1.54) is 11.8 Å². The first-order chi connectivity index (χ1) is 9.76. The average molecular weight is 265 g/mol. The number of nitrogens with two attached hydrogens (primary N) is 1. The molecular formula is C17H19N3. The first-order valence-corrected chi connectivity index (χ1v) is 6.76. The summed E-state index contributed by atoms with van der Waals surface area (Å²) in [5.41, 5.74) is 10.8. The van der Waals surface area contributed by atoms with Gasteiger partial charge in [0.1, 0.15) is 0 Å². The third-order valence-corrected chi connectivity index (χ3v) is 3.20. The van der Waals surface area contributed by atoms with Gasteiger partial charge in [0, 0.05) is 29.9 Å². The number of allylic oxidation sites excluding steroid dienone is 1. The Labute approximate surface area is 119 Å². The second kappa shape index (κ2) is 6.66. The molecule has 0 saturated carbocycles. The van der Waals surface area contributed by atoms with E-state index in [-0.39, 0.29) is 0 Å². The summed E-state index contributed by atoms with van der Waals surface area (Å²) in [4.78, 5) is 3.99. The molecule has 102 valence electrons. The number of nitrogens with one attached hydrogen (secondary N) is 1. The normalized spacial score (nSPS) is 11.8. The molecule has 1 heterocycles. The lowest BCUT2D eigenvalue weighted by molar-refractivity contribution is 0.921. The van der Waals surface area contributed by atoms with Crippen LogP contribution in [0.3, 0.4) is 0 Å². The van der Waals surface area contributed by atoms with Crippen LogP contribution >= 0.6 is 0 Å². The van der Waals surface area contributed by atoms with Gasteiger partial charge in [-0.25, -0.2) is 0 Å². The first kappa shape index (κ1) is 14.0. The lowest BCUT2D eigenvalue weighted by Crippen LogP contribution is -2.03. The van der Waals surface area contributed by atoms with Crippen LogP contribution in [0.1, 0.15) is 30.0 Å². The Kier molecular flexibility index (Phi) is 4.66. The summed E-state index contributed by atoms with van der Waals surface area (Å²) in [6.07, 6.45) is 6.86. The number of aromatic nitrogens is 1. The van der Waals surface area contributed by atoms with Gasteiger partial charge < -0.3 is 11.1 Å². The van der Waals surface area contributed by atoms with Crippen molar-refractivity contribution in [2.75, 3.05) is 0 Å². The van der Waals surface area contributed by atoms with E-state index in [4.69, 9.17) is 11.1 Å². The summed E-state index contributed by atoms with van der Waals surface area (Å²) < 4.78 is 0. The predicted molar refractivity (Wildman–Crippen MR) is 84.5 cm³/mol. The van der Waals surface area contributed by atoms with Gasteiger partial charge in [-0.2, -0.15) is 0 Å². The van der Waals surface area contributed by atoms with Crippen LogP contribution in [0.15, 0.2) is 48.8 Å². The summed E-state index contributed by atoms with van der Waals surface area (Å²) in [7, 11) is 0. The van der Waals surface area contributed by atoms with Crippen LogP contribution in [-0.2, 0) is 6.42 Å². The molecule has 1 aromatic heterocycles. The maximum absolute atomic E-state index is 7.63. The summed E-state index contributed by atoms with van der Waals surface area (Å²) in [5.74, 6) is 0. The van der Waals surface area contributed by atoms with Crippen molar-refractivity contribution < 1.29 is 0 Å². The minimum atomic E-state index is 0.629. The van der Waals surface area contributed by atoms with Crippen molar-refractivity contribution in [3.05, 3.63) is 65.5 Å². The van der Waals surface area contributed by atoms with Crippen molar-refractivity contribution in [1.29, 1.82) is 5.41 Å². The number of nitrogens with zero attached hydrogens (tertiary/aromatic N) is 1. The molecule has 0 bridgehead atoms. The molecule has 0 fully saturated rings. The van der Waals surface area contributed by atoms with Crippen molar-refractivity contribution >= 4 is 17.5 Å². The van der Waals surface area contributed by atoms with E-state index in [9.17, 15) is 0 Å². The van der Waals surface area contributed by atoms with Crippen molar-refractivity contribution in [1.82, 2.24) is 4.98 Å². The van der Waals surface area contributed by atoms with Crippen LogP contribution in [0.5, 0.6) is 0 Å². The lowest BCUT2D eigenvalue weighted by atomic mass is 9.99. The van der Waals surface area contributed by atoms with Gasteiger partial charge in [0.2, 0.25) is 0 Å². The molecule has 2 rings (SSSR count). The van der Waals surface area contributed by atoms with E-state index < -0.39 is 0 Å². The zero-order chi connectivity index (χ0) is 14.4. The predicted octanol–water partition coefficient (Wildman–Crippen LogP) is 3.51. The maximum atomic E-state index is 7.63. The minimum absolute atomic E-state index is 0.629. The van der Waals surface area contributed by atoms with E-state index >= 15 is 0 Å². The topological polar surface area (TPSA) is 62.8 Å². The van der Waals surface area contributed by atoms with Gasteiger partial charge >= 0.3 is 0 Å². The molecule has 0 spiro atoms. The summed E-state index contributed by atoms with van der Waals surface area (Å²) in [6.45, 7) is 2.16. The van der Waals surface area contributed by atoms with Crippen molar-refractivity contribution in [2.45, 2.75) is 19.8 Å². The Morgan fingerprint density at radius 1 is 1.20 bits per heavy atom. The highest BCUT2D eigenvalue weighted by Gasteiger charge is 2.07. The second-order valence-corrected chi connectivity index (χ2v) is 4.66. The number of aryl methyl sites for hydroxylation is 1. The van der Waals surface area contributed by atoms with Crippen molar-refractivity contribution in [2.24, 2.45) is 5.73 Å². The molecule has 3 nitrogen and oxygen atoms in total. The molecule has 0 radical (unpaired) electrons. The summed E-state index contributed by atoms with van der Waals surface area (Å²) in [6, 6.07) is 11.9. The third kappa shape index (κ3) is 3.12. The van der Waals surface area contributed by atoms with Gasteiger partial charge in [0.25, 0.3) is 0 Å². The van der Waals surface area contributed by atoms with Gasteiger partial charge in [-0.1, -0.05) is 31.5 Å². The molecule has 0 amide bonds. The SMILES string of the molecule is CCCc1cccc(/C(N)=C(/C=N)c2ccncc2)c1. The second-order valence-electron chi connectivity index (χ2n) is 4.66. The van der Waals surface area contributed by atoms with Crippen LogP contribution in [-0.4, -0.2) is 11.2 Å². The smallest absolute Gasteiger partial charge is 0.0482 e. The third-order valence-electron chi connectivity index (χ3n) is 3.20. The highest BCUT2D eigenvalue weighted by atomic mass is 14.6. The van der Waals surface area contributed by atoms with Gasteiger partial charge in [-0.3, -0.25) is 4.98 Å². The minimum Gasteiger partial charge on any atom is -0.398 e. The fraction of sp³-hybridized carbons (Fsp3) is 0.176. The highest BCUT2D eigenvalue weighted by Crippen LogP contribution is 2.21. The molecule has 3 N–H and O–H groups in total. The fourth-order valence-corrected chi connectivity index (χ4v) is 2.19. The zero-order valence-corrected chi connectivity index (χ0v) is 11.6. The Morgan fingerprint density at radius 3 is 2.60 bits per heavy atom. The zero-order valence-electron chi connectivity index (χ0n) is 11.6. The van der Waals surface area contributed by atoms with E-state index in [1.54, 1.807) is 12.4 Å². The van der Waals surface area contributed by atoms with E-state index in [0.29, 0.717) is 5.70 Å². The molecular weight excluding hydrogens is 246 g/mol. The van der Waals surface area contributed by atoms with Gasteiger partial charge in [-0.05, 0) is 41.3 Å². The van der Waals surface area contributed by atoms with E-state index in [2.05, 4.69) is 24.0 Å². The summed E-state index contributed by atoms with van der Waals surface area (Å²) in [5, 5.41) is 7.63. The Balaban J connectivity index is 2.46. The Bertz CT molecular complexity index is 615. The molecule has 0 saturated heterocycles. The molecule has 1 aromatic carbocycles. The van der Waals surface area contributed by atoms with E-state index in [1.807, 2.05) is 24.3 Å². The van der Waals surface area contributed by atoms with Gasteiger partial charge in [0.05, 0.1) is 0 Å². The summed E-state index contributed by atoms with van der Waals surface area (Å²) >= 11 is 0. The largest absolute Gasteiger partial charge is 0.398 e. The molecule has 0 aliphatic carbocycles. The van der Waals surface area contributed by atoms with Crippen LogP contribution in [0, 0.1) is 5.41 Å². The molecule has 0 unspecified atom stereocenters. The number of hydrogen-bond acceptors (Lipinski definition) is 3. The number of pyridine rings is 1. The van der Waals surface area contributed by atoms with Gasteiger partial charge in [0.15, 0.2) is 0 Å². The number of rotatable bonds is 5. The van der Waals surface area contributed by atoms with Crippen molar-refractivity contribution in [3.63, 3.8) is 0 Å². The first-order valence-electron chi connectivity index (χ1n) is 6.76. The molecule has 3 heteroatoms. The number of hydrogen-bond donors (Lipinski definition) is 2. The average Bonchev–Trinajstić information content (AvgIpc) is 2.50. The standard InChI is InChI=1S/C17H19N3/c1-2-4-13-5-3-6-15(11-13)17(19)16(12-18)14-7-9-20-10-8-14/h3,5-12,18H,2,4,19H2,1H3/b17-16+,18-12?. The van der Waals surface area contributed by atoms with Crippen LogP contribution in [0.4, 0.5) is 0 Å². The van der Waals surface area contributed by atoms with Crippen LogP contribution < -0.4 is 5.73 Å². The molecule has 2 aromatic rings. The monoisotopic (exact) mass is 265 g/mol. The molecule has 0 aliphatic rings. The maximum Gasteiger partial charge on any atom is 0.0482 e. The highest BCUT2D eigenvalue weighted by molar-refractivity contribution is 6.17. The molecule has 0 aliphatic heterocycles. The quantitative estimate of drug-likeness (QED) is 0.813. The number of benzene rings is 1. The Hall–Kier alpha value is -2.42. The lowest BCUT2D eigenvalue weighted by Gasteiger charge is -2.09. The molecule has 0 atom stereocenters. The molecule has 20 heavy (non-hydrogen) atoms. The van der Waals surface area contributed by atoms with Crippen LogP contribution in [0.25, 0.3) is 11.3 Å².